The number of ether oxygens (including phenoxy) is 1. The zero-order valence-corrected chi connectivity index (χ0v) is 25.3. The van der Waals surface area contributed by atoms with Crippen LogP contribution >= 0.6 is 11.8 Å². The maximum atomic E-state index is 12.3. The molecule has 16 heteroatoms. The maximum absolute atomic E-state index is 12.3. The number of phenols is 1. The molecular formula is C28H39N5O10S. The Bertz CT molecular complexity index is 1350. The molecule has 0 radical (unpaired) electrons. The molecule has 1 heterocycles. The normalized spacial score (nSPS) is 12.6. The predicted octanol–water partition coefficient (Wildman–Crippen LogP) is -0.463. The number of esters is 1. The third-order valence-electron chi connectivity index (χ3n) is 6.38. The Morgan fingerprint density at radius 3 is 2.45 bits per heavy atom. The number of aromatic hydroxyl groups is 1. The standard InChI is InChI=1S/C28H39N5O10S/c1-28(2,15-43-27(42)19(29)12-23(37)38)25(40)26(41)32-8-6-21(35)31-9-10-44-24(39)13-22(36)30-7-5-16-14-33-20-4-3-17(34)11-18(16)20/h3-4,11,14,19,25,33-34,40H,5-10,12-13,15,29H2,1-2H3,(H,30,36)(H,31,35)(H,32,41)(H,37,38)/t19-,25-/m0/s1. The van der Waals surface area contributed by atoms with E-state index in [9.17, 15) is 39.0 Å². The molecule has 0 fully saturated rings. The first-order valence-corrected chi connectivity index (χ1v) is 14.8. The molecule has 3 amide bonds. The number of carboxylic acids is 1. The first-order valence-electron chi connectivity index (χ1n) is 13.8. The Hall–Kier alpha value is -4.15. The summed E-state index contributed by atoms with van der Waals surface area (Å²) in [6, 6.07) is 3.59. The lowest BCUT2D eigenvalue weighted by Crippen LogP contribution is -2.47. The number of amides is 3. The Morgan fingerprint density at radius 2 is 1.75 bits per heavy atom. The van der Waals surface area contributed by atoms with Gasteiger partial charge in [-0.15, -0.1) is 0 Å². The molecule has 9 N–H and O–H groups in total. The van der Waals surface area contributed by atoms with E-state index in [-0.39, 0.29) is 42.5 Å². The molecular weight excluding hydrogens is 598 g/mol. The van der Waals surface area contributed by atoms with E-state index in [2.05, 4.69) is 20.9 Å². The van der Waals surface area contributed by atoms with Crippen LogP contribution in [0, 0.1) is 5.41 Å². The summed E-state index contributed by atoms with van der Waals surface area (Å²) >= 11 is 0.905. The summed E-state index contributed by atoms with van der Waals surface area (Å²) in [5.41, 5.74) is 5.99. The molecule has 1 aromatic carbocycles. The van der Waals surface area contributed by atoms with E-state index in [0.29, 0.717) is 13.0 Å². The maximum Gasteiger partial charge on any atom is 0.323 e. The lowest BCUT2D eigenvalue weighted by molar-refractivity contribution is -0.156. The highest BCUT2D eigenvalue weighted by molar-refractivity contribution is 8.13. The second-order valence-corrected chi connectivity index (χ2v) is 11.8. The average molecular weight is 638 g/mol. The van der Waals surface area contributed by atoms with Crippen molar-refractivity contribution in [2.75, 3.05) is 32.0 Å². The average Bonchev–Trinajstić information content (AvgIpc) is 3.34. The fourth-order valence-corrected chi connectivity index (χ4v) is 4.53. The number of fused-ring (bicyclic) bond motifs is 1. The fourth-order valence-electron chi connectivity index (χ4n) is 3.86. The molecule has 0 bridgehead atoms. The van der Waals surface area contributed by atoms with E-state index in [1.165, 1.54) is 13.8 Å². The van der Waals surface area contributed by atoms with Gasteiger partial charge >= 0.3 is 11.9 Å². The number of nitrogens with two attached hydrogens (primary N) is 1. The van der Waals surface area contributed by atoms with Gasteiger partial charge in [0.1, 0.15) is 17.9 Å². The van der Waals surface area contributed by atoms with Gasteiger partial charge in [-0.05, 0) is 30.2 Å². The van der Waals surface area contributed by atoms with E-state index in [1.54, 1.807) is 24.4 Å². The molecule has 2 atom stereocenters. The number of benzene rings is 1. The Balaban J connectivity index is 1.57. The number of hydrogen-bond donors (Lipinski definition) is 8. The van der Waals surface area contributed by atoms with Crippen LogP contribution in [-0.2, 0) is 39.9 Å². The van der Waals surface area contributed by atoms with E-state index in [0.717, 1.165) is 28.2 Å². The van der Waals surface area contributed by atoms with Crippen molar-refractivity contribution in [2.45, 2.75) is 51.7 Å². The topological polar surface area (TPSA) is 250 Å². The Labute approximate surface area is 257 Å². The van der Waals surface area contributed by atoms with Gasteiger partial charge in [0.15, 0.2) is 5.12 Å². The van der Waals surface area contributed by atoms with Crippen LogP contribution in [0.2, 0.25) is 0 Å². The van der Waals surface area contributed by atoms with Crippen LogP contribution in [0.25, 0.3) is 10.9 Å². The molecule has 0 aliphatic heterocycles. The van der Waals surface area contributed by atoms with Crippen molar-refractivity contribution in [3.63, 3.8) is 0 Å². The number of thioether (sulfide) groups is 1. The third kappa shape index (κ3) is 12.2. The Morgan fingerprint density at radius 1 is 1.05 bits per heavy atom. The first-order chi connectivity index (χ1) is 20.7. The fraction of sp³-hybridized carbons (Fsp3) is 0.500. The van der Waals surface area contributed by atoms with Gasteiger partial charge in [0.05, 0.1) is 19.4 Å². The van der Waals surface area contributed by atoms with Crippen LogP contribution in [0.4, 0.5) is 0 Å². The highest BCUT2D eigenvalue weighted by Gasteiger charge is 2.35. The molecule has 2 aromatic rings. The largest absolute Gasteiger partial charge is 0.508 e. The van der Waals surface area contributed by atoms with Gasteiger partial charge < -0.3 is 46.7 Å². The zero-order valence-electron chi connectivity index (χ0n) is 24.5. The van der Waals surface area contributed by atoms with Crippen LogP contribution < -0.4 is 21.7 Å². The summed E-state index contributed by atoms with van der Waals surface area (Å²) in [5.74, 6) is -3.49. The van der Waals surface area contributed by atoms with Crippen LogP contribution in [0.5, 0.6) is 5.75 Å². The van der Waals surface area contributed by atoms with Crippen molar-refractivity contribution in [3.8, 4) is 5.75 Å². The van der Waals surface area contributed by atoms with Crippen LogP contribution in [0.3, 0.4) is 0 Å². The molecule has 44 heavy (non-hydrogen) atoms. The molecule has 0 saturated heterocycles. The number of rotatable bonds is 18. The van der Waals surface area contributed by atoms with Gasteiger partial charge in [0, 0.05) is 54.3 Å². The number of carbonyl (C=O) groups excluding carboxylic acids is 5. The van der Waals surface area contributed by atoms with Gasteiger partial charge in [0.2, 0.25) is 17.7 Å². The van der Waals surface area contributed by atoms with E-state index in [1.807, 2.05) is 0 Å². The molecule has 242 valence electrons. The number of phenolic OH excluding ortho intramolecular Hbond substituents is 1. The van der Waals surface area contributed by atoms with Gasteiger partial charge in [-0.1, -0.05) is 25.6 Å². The number of carboxylic acid groups (broad SMARTS) is 1. The predicted molar refractivity (Wildman–Crippen MR) is 160 cm³/mol. The quantitative estimate of drug-likeness (QED) is 0.0587. The molecule has 0 saturated carbocycles. The van der Waals surface area contributed by atoms with Crippen molar-refractivity contribution in [1.82, 2.24) is 20.9 Å². The molecule has 0 aliphatic carbocycles. The molecule has 0 unspecified atom stereocenters. The molecule has 15 nitrogen and oxygen atoms in total. The van der Waals surface area contributed by atoms with E-state index < -0.39 is 60.2 Å². The van der Waals surface area contributed by atoms with Crippen molar-refractivity contribution in [2.24, 2.45) is 11.1 Å². The zero-order chi connectivity index (χ0) is 32.9. The summed E-state index contributed by atoms with van der Waals surface area (Å²) < 4.78 is 4.94. The SMILES string of the molecule is CC(C)(COC(=O)[C@@H](N)CC(=O)O)[C@@H](O)C(=O)NCCC(=O)NCCSC(=O)CC(=O)NCCc1c[nH]c2ccc(O)cc12. The molecule has 0 spiro atoms. The highest BCUT2D eigenvalue weighted by Crippen LogP contribution is 2.23. The molecule has 1 aromatic heterocycles. The van der Waals surface area contributed by atoms with Crippen LogP contribution in [0.1, 0.15) is 38.7 Å². The number of aromatic amines is 1. The number of aromatic nitrogens is 1. The second kappa shape index (κ2) is 17.2. The van der Waals surface area contributed by atoms with Crippen LogP contribution in [-0.4, -0.2) is 99.2 Å². The lowest BCUT2D eigenvalue weighted by atomic mass is 9.87. The van der Waals surface area contributed by atoms with Gasteiger partial charge in [-0.3, -0.25) is 28.8 Å². The Kier molecular flexibility index (Phi) is 14.1. The van der Waals surface area contributed by atoms with Crippen molar-refractivity contribution >= 4 is 57.4 Å². The minimum absolute atomic E-state index is 0.0902. The van der Waals surface area contributed by atoms with E-state index in [4.69, 9.17) is 15.6 Å². The minimum atomic E-state index is -1.60. The second-order valence-electron chi connectivity index (χ2n) is 10.6. The summed E-state index contributed by atoms with van der Waals surface area (Å²) in [6.07, 6.45) is -0.325. The number of aliphatic carboxylic acids is 1. The smallest absolute Gasteiger partial charge is 0.323 e. The summed E-state index contributed by atoms with van der Waals surface area (Å²) in [5, 5.41) is 36.9. The van der Waals surface area contributed by atoms with Gasteiger partial charge in [0.25, 0.3) is 0 Å². The van der Waals surface area contributed by atoms with Gasteiger partial charge in [-0.2, -0.15) is 0 Å². The summed E-state index contributed by atoms with van der Waals surface area (Å²) in [7, 11) is 0. The van der Waals surface area contributed by atoms with E-state index >= 15 is 0 Å². The number of H-pyrrole nitrogens is 1. The number of nitrogens with one attached hydrogen (secondary N) is 4. The number of carbonyl (C=O) groups is 6. The summed E-state index contributed by atoms with van der Waals surface area (Å²) in [4.78, 5) is 74.0. The van der Waals surface area contributed by atoms with Crippen molar-refractivity contribution < 1.29 is 48.8 Å². The molecule has 2 rings (SSSR count). The number of aliphatic hydroxyl groups excluding tert-OH is 1. The van der Waals surface area contributed by atoms with Gasteiger partial charge in [-0.25, -0.2) is 0 Å². The minimum Gasteiger partial charge on any atom is -0.508 e. The monoisotopic (exact) mass is 637 g/mol. The highest BCUT2D eigenvalue weighted by atomic mass is 32.2. The summed E-state index contributed by atoms with van der Waals surface area (Å²) in [6.45, 7) is 2.90. The number of hydrogen-bond acceptors (Lipinski definition) is 11. The third-order valence-corrected chi connectivity index (χ3v) is 7.26. The van der Waals surface area contributed by atoms with Crippen molar-refractivity contribution in [1.29, 1.82) is 0 Å². The van der Waals surface area contributed by atoms with Crippen LogP contribution in [0.15, 0.2) is 24.4 Å². The number of aliphatic hydroxyl groups is 1. The first kappa shape index (κ1) is 36.0. The molecule has 0 aliphatic rings. The van der Waals surface area contributed by atoms with Crippen molar-refractivity contribution in [3.05, 3.63) is 30.0 Å². The lowest BCUT2D eigenvalue weighted by Gasteiger charge is -2.29.